The lowest BCUT2D eigenvalue weighted by molar-refractivity contribution is 0.343. The van der Waals surface area contributed by atoms with Gasteiger partial charge in [-0.2, -0.15) is 0 Å². The lowest BCUT2D eigenvalue weighted by Gasteiger charge is -1.96. The minimum Gasteiger partial charge on any atom is -0.392 e. The third-order valence-corrected chi connectivity index (χ3v) is 3.13. The van der Waals surface area contributed by atoms with E-state index in [0.29, 0.717) is 0 Å². The van der Waals surface area contributed by atoms with E-state index in [0.717, 1.165) is 5.41 Å². The van der Waals surface area contributed by atoms with Gasteiger partial charge in [-0.25, -0.2) is 8.42 Å². The molecular formula is C11H12O3S. The number of benzene rings is 1. The molecule has 0 unspecified atom stereocenters. The van der Waals surface area contributed by atoms with E-state index in [9.17, 15) is 8.42 Å². The fourth-order valence-corrected chi connectivity index (χ4v) is 1.97. The molecule has 0 aliphatic rings. The molecule has 0 heterocycles. The van der Waals surface area contributed by atoms with Crippen LogP contribution in [0.5, 0.6) is 0 Å². The molecule has 3 nitrogen and oxygen atoms in total. The van der Waals surface area contributed by atoms with Gasteiger partial charge in [-0.3, -0.25) is 0 Å². The predicted octanol–water partition coefficient (Wildman–Crippen LogP) is 1.52. The van der Waals surface area contributed by atoms with Crippen LogP contribution < -0.4 is 0 Å². The molecule has 0 atom stereocenters. The SMILES string of the molecule is O=S(=O)(C=CC=CCO)c1ccccc1. The fourth-order valence-electron chi connectivity index (χ4n) is 0.977. The summed E-state index contributed by atoms with van der Waals surface area (Å²) < 4.78 is 23.2. The van der Waals surface area contributed by atoms with E-state index in [1.165, 1.54) is 30.4 Å². The summed E-state index contributed by atoms with van der Waals surface area (Å²) in [5.74, 6) is 0. The highest BCUT2D eigenvalue weighted by Crippen LogP contribution is 2.10. The largest absolute Gasteiger partial charge is 0.392 e. The van der Waals surface area contributed by atoms with Gasteiger partial charge in [0.25, 0.3) is 0 Å². The molecular weight excluding hydrogens is 212 g/mol. The minimum atomic E-state index is -3.35. The van der Waals surface area contributed by atoms with E-state index in [2.05, 4.69) is 0 Å². The molecule has 0 aliphatic heterocycles. The van der Waals surface area contributed by atoms with Gasteiger partial charge in [-0.1, -0.05) is 36.4 Å². The molecule has 4 heteroatoms. The van der Waals surface area contributed by atoms with Crippen LogP contribution in [0.2, 0.25) is 0 Å². The number of allylic oxidation sites excluding steroid dienone is 2. The molecule has 1 aromatic rings. The third-order valence-electron chi connectivity index (χ3n) is 1.68. The zero-order valence-corrected chi connectivity index (χ0v) is 8.89. The quantitative estimate of drug-likeness (QED) is 0.789. The van der Waals surface area contributed by atoms with Crippen LogP contribution in [-0.4, -0.2) is 20.1 Å². The van der Waals surface area contributed by atoms with E-state index in [4.69, 9.17) is 5.11 Å². The standard InChI is InChI=1S/C11H12O3S/c12-9-5-2-6-10-15(13,14)11-7-3-1-4-8-11/h1-8,10,12H,9H2. The summed E-state index contributed by atoms with van der Waals surface area (Å²) in [5, 5.41) is 9.55. The van der Waals surface area contributed by atoms with Crippen LogP contribution in [0, 0.1) is 0 Å². The molecule has 80 valence electrons. The summed E-state index contributed by atoms with van der Waals surface area (Å²) >= 11 is 0. The monoisotopic (exact) mass is 224 g/mol. The highest BCUT2D eigenvalue weighted by atomic mass is 32.2. The Morgan fingerprint density at radius 2 is 1.80 bits per heavy atom. The number of aliphatic hydroxyl groups excluding tert-OH is 1. The van der Waals surface area contributed by atoms with Crippen LogP contribution in [0.25, 0.3) is 0 Å². The predicted molar refractivity (Wildman–Crippen MR) is 59.0 cm³/mol. The second-order valence-electron chi connectivity index (χ2n) is 2.80. The summed E-state index contributed by atoms with van der Waals surface area (Å²) in [6.07, 6.45) is 4.33. The summed E-state index contributed by atoms with van der Waals surface area (Å²) in [6, 6.07) is 8.17. The average molecular weight is 224 g/mol. The Balaban J connectivity index is 2.86. The van der Waals surface area contributed by atoms with E-state index >= 15 is 0 Å². The smallest absolute Gasteiger partial charge is 0.199 e. The summed E-state index contributed by atoms with van der Waals surface area (Å²) in [4.78, 5) is 0.263. The maximum absolute atomic E-state index is 11.6. The Hall–Kier alpha value is -1.39. The Labute approximate surface area is 89.3 Å². The van der Waals surface area contributed by atoms with Gasteiger partial charge in [0.2, 0.25) is 0 Å². The molecule has 0 saturated carbocycles. The van der Waals surface area contributed by atoms with Gasteiger partial charge in [0.05, 0.1) is 11.5 Å². The van der Waals surface area contributed by atoms with Gasteiger partial charge in [-0.15, -0.1) is 0 Å². The summed E-state index contributed by atoms with van der Waals surface area (Å²) in [5.41, 5.74) is 0. The van der Waals surface area contributed by atoms with Crippen LogP contribution in [-0.2, 0) is 9.84 Å². The van der Waals surface area contributed by atoms with Crippen molar-refractivity contribution in [3.05, 3.63) is 54.0 Å². The Morgan fingerprint density at radius 3 is 2.40 bits per heavy atom. The molecule has 0 fully saturated rings. The zero-order valence-electron chi connectivity index (χ0n) is 8.08. The Morgan fingerprint density at radius 1 is 1.13 bits per heavy atom. The molecule has 0 bridgehead atoms. The number of rotatable bonds is 4. The molecule has 0 aliphatic carbocycles. The van der Waals surface area contributed by atoms with Crippen LogP contribution in [0.4, 0.5) is 0 Å². The second kappa shape index (κ2) is 5.48. The van der Waals surface area contributed by atoms with E-state index < -0.39 is 9.84 Å². The Bertz CT molecular complexity index is 444. The topological polar surface area (TPSA) is 54.4 Å². The van der Waals surface area contributed by atoms with Crippen molar-refractivity contribution in [3.8, 4) is 0 Å². The van der Waals surface area contributed by atoms with Crippen molar-refractivity contribution in [3.63, 3.8) is 0 Å². The lowest BCUT2D eigenvalue weighted by atomic mass is 10.4. The minimum absolute atomic E-state index is 0.101. The molecule has 0 aromatic heterocycles. The maximum Gasteiger partial charge on any atom is 0.199 e. The number of aliphatic hydroxyl groups is 1. The Kier molecular flexibility index (Phi) is 4.27. The van der Waals surface area contributed by atoms with Crippen molar-refractivity contribution < 1.29 is 13.5 Å². The molecule has 0 amide bonds. The maximum atomic E-state index is 11.6. The first-order valence-corrected chi connectivity index (χ1v) is 5.95. The fraction of sp³-hybridized carbons (Fsp3) is 0.0909. The molecule has 1 aromatic carbocycles. The van der Waals surface area contributed by atoms with Gasteiger partial charge in [-0.05, 0) is 12.1 Å². The van der Waals surface area contributed by atoms with Crippen LogP contribution in [0.1, 0.15) is 0 Å². The first-order chi connectivity index (χ1) is 7.17. The molecule has 0 radical (unpaired) electrons. The van der Waals surface area contributed by atoms with Crippen molar-refractivity contribution in [2.24, 2.45) is 0 Å². The van der Waals surface area contributed by atoms with Crippen molar-refractivity contribution in [2.45, 2.75) is 4.90 Å². The first-order valence-electron chi connectivity index (χ1n) is 4.41. The lowest BCUT2D eigenvalue weighted by Crippen LogP contribution is -1.94. The molecule has 0 spiro atoms. The summed E-state index contributed by atoms with van der Waals surface area (Å²) in [6.45, 7) is -0.101. The summed E-state index contributed by atoms with van der Waals surface area (Å²) in [7, 11) is -3.35. The first kappa shape index (κ1) is 11.7. The van der Waals surface area contributed by atoms with Crippen LogP contribution >= 0.6 is 0 Å². The normalized spacial score (nSPS) is 12.6. The third kappa shape index (κ3) is 3.69. The zero-order chi connectivity index (χ0) is 11.1. The second-order valence-corrected chi connectivity index (χ2v) is 4.63. The number of hydrogen-bond acceptors (Lipinski definition) is 3. The van der Waals surface area contributed by atoms with E-state index in [1.807, 2.05) is 0 Å². The van der Waals surface area contributed by atoms with Crippen LogP contribution in [0.3, 0.4) is 0 Å². The highest BCUT2D eigenvalue weighted by molar-refractivity contribution is 7.94. The van der Waals surface area contributed by atoms with Crippen molar-refractivity contribution in [2.75, 3.05) is 6.61 Å². The van der Waals surface area contributed by atoms with Crippen LogP contribution in [0.15, 0.2) is 58.9 Å². The van der Waals surface area contributed by atoms with E-state index in [1.54, 1.807) is 18.2 Å². The number of hydrogen-bond donors (Lipinski definition) is 1. The molecule has 1 rings (SSSR count). The van der Waals surface area contributed by atoms with Crippen molar-refractivity contribution >= 4 is 9.84 Å². The molecule has 15 heavy (non-hydrogen) atoms. The average Bonchev–Trinajstić information content (AvgIpc) is 2.26. The van der Waals surface area contributed by atoms with Gasteiger partial charge >= 0.3 is 0 Å². The van der Waals surface area contributed by atoms with Crippen molar-refractivity contribution in [1.29, 1.82) is 0 Å². The highest BCUT2D eigenvalue weighted by Gasteiger charge is 2.07. The van der Waals surface area contributed by atoms with Gasteiger partial charge in [0.1, 0.15) is 0 Å². The molecule has 1 N–H and O–H groups in total. The van der Waals surface area contributed by atoms with E-state index in [-0.39, 0.29) is 11.5 Å². The number of sulfone groups is 1. The van der Waals surface area contributed by atoms with Crippen molar-refractivity contribution in [1.82, 2.24) is 0 Å². The molecule has 0 saturated heterocycles. The van der Waals surface area contributed by atoms with Gasteiger partial charge < -0.3 is 5.11 Å². The van der Waals surface area contributed by atoms with Gasteiger partial charge in [0.15, 0.2) is 9.84 Å². The van der Waals surface area contributed by atoms with Gasteiger partial charge in [0, 0.05) is 5.41 Å².